The number of H-pyrrole nitrogens is 1. The van der Waals surface area contributed by atoms with Gasteiger partial charge in [0.25, 0.3) is 0 Å². The Labute approximate surface area is 181 Å². The number of benzene rings is 2. The molecule has 1 amide bonds. The van der Waals surface area contributed by atoms with Crippen LogP contribution in [0.2, 0.25) is 0 Å². The predicted molar refractivity (Wildman–Crippen MR) is 117 cm³/mol. The lowest BCUT2D eigenvalue weighted by Crippen LogP contribution is -2.39. The highest BCUT2D eigenvalue weighted by atomic mass is 16.4. The first kappa shape index (κ1) is 22.1. The van der Waals surface area contributed by atoms with Gasteiger partial charge in [-0.15, -0.1) is 10.2 Å². The smallest absolute Gasteiger partial charge is 0.305 e. The summed E-state index contributed by atoms with van der Waals surface area (Å²) in [5.74, 6) is -0.397. The molecule has 8 nitrogen and oxygen atoms in total. The summed E-state index contributed by atoms with van der Waals surface area (Å²) in [6.07, 6.45) is 2.06. The van der Waals surface area contributed by atoms with Crippen LogP contribution in [0, 0.1) is 0 Å². The van der Waals surface area contributed by atoms with Crippen molar-refractivity contribution in [3.8, 4) is 22.5 Å². The van der Waals surface area contributed by atoms with E-state index in [1.807, 2.05) is 55.5 Å². The molecule has 0 bridgehead atoms. The van der Waals surface area contributed by atoms with Gasteiger partial charge in [-0.3, -0.25) is 9.59 Å². The zero-order chi connectivity index (χ0) is 22.2. The van der Waals surface area contributed by atoms with Crippen molar-refractivity contribution >= 4 is 11.9 Å². The van der Waals surface area contributed by atoms with Crippen LogP contribution in [-0.4, -0.2) is 48.5 Å². The average molecular weight is 422 g/mol. The third-order valence-electron chi connectivity index (χ3n) is 5.20. The molecule has 3 aromatic rings. The van der Waals surface area contributed by atoms with Crippen molar-refractivity contribution in [1.82, 2.24) is 25.5 Å². The zero-order valence-corrected chi connectivity index (χ0v) is 17.8. The lowest BCUT2D eigenvalue weighted by atomic mass is 9.98. The molecular formula is C23H27N5O3. The highest BCUT2D eigenvalue weighted by Gasteiger charge is 2.22. The first-order valence-corrected chi connectivity index (χ1v) is 10.4. The summed E-state index contributed by atoms with van der Waals surface area (Å²) in [5, 5.41) is 23.4. The topological polar surface area (TPSA) is 112 Å². The molecule has 0 aliphatic heterocycles. The molecule has 0 saturated heterocycles. The Morgan fingerprint density at radius 3 is 2.42 bits per heavy atom. The van der Waals surface area contributed by atoms with Crippen molar-refractivity contribution in [2.75, 3.05) is 0 Å². The van der Waals surface area contributed by atoms with E-state index in [0.29, 0.717) is 18.8 Å². The molecule has 0 fully saturated rings. The van der Waals surface area contributed by atoms with Crippen LogP contribution in [-0.2, 0) is 16.1 Å². The maximum Gasteiger partial charge on any atom is 0.305 e. The van der Waals surface area contributed by atoms with Gasteiger partial charge >= 0.3 is 5.97 Å². The number of carbonyl (C=O) groups is 2. The number of rotatable bonds is 10. The van der Waals surface area contributed by atoms with Gasteiger partial charge in [0, 0.05) is 24.6 Å². The van der Waals surface area contributed by atoms with Crippen molar-refractivity contribution in [3.63, 3.8) is 0 Å². The minimum Gasteiger partial charge on any atom is -0.481 e. The molecule has 0 saturated carbocycles. The standard InChI is InChI=1S/C23H27N5O3/c1-3-4-9-21(29)28(16(2)14-22(30)31)15-17-10-12-18(13-11-17)19-7-5-6-8-20(19)23-24-26-27-25-23/h5-8,10-13,16H,3-4,9,14-15H2,1-2H3,(H,30,31)(H,24,25,26,27). The van der Waals surface area contributed by atoms with Gasteiger partial charge in [0.2, 0.25) is 11.7 Å². The van der Waals surface area contributed by atoms with E-state index in [2.05, 4.69) is 20.6 Å². The minimum atomic E-state index is -0.908. The fourth-order valence-electron chi connectivity index (χ4n) is 3.52. The average Bonchev–Trinajstić information content (AvgIpc) is 3.30. The molecule has 2 aromatic carbocycles. The molecule has 2 N–H and O–H groups in total. The van der Waals surface area contributed by atoms with Gasteiger partial charge in [-0.05, 0) is 35.2 Å². The zero-order valence-electron chi connectivity index (χ0n) is 17.8. The fraction of sp³-hybridized carbons (Fsp3) is 0.348. The van der Waals surface area contributed by atoms with E-state index in [0.717, 1.165) is 35.1 Å². The van der Waals surface area contributed by atoms with E-state index in [4.69, 9.17) is 5.11 Å². The van der Waals surface area contributed by atoms with Gasteiger partial charge < -0.3 is 10.0 Å². The summed E-state index contributed by atoms with van der Waals surface area (Å²) >= 11 is 0. The van der Waals surface area contributed by atoms with E-state index in [1.54, 1.807) is 11.8 Å². The summed E-state index contributed by atoms with van der Waals surface area (Å²) in [4.78, 5) is 25.6. The molecule has 162 valence electrons. The lowest BCUT2D eigenvalue weighted by Gasteiger charge is -2.29. The third-order valence-corrected chi connectivity index (χ3v) is 5.20. The van der Waals surface area contributed by atoms with Gasteiger partial charge in [-0.25, -0.2) is 0 Å². The van der Waals surface area contributed by atoms with Crippen LogP contribution in [0.25, 0.3) is 22.5 Å². The predicted octanol–water partition coefficient (Wildman–Crippen LogP) is 3.92. The molecule has 0 aliphatic carbocycles. The number of aromatic nitrogens is 4. The van der Waals surface area contributed by atoms with Crippen molar-refractivity contribution in [3.05, 3.63) is 54.1 Å². The molecule has 0 aliphatic rings. The van der Waals surface area contributed by atoms with Crippen molar-refractivity contribution < 1.29 is 14.7 Å². The van der Waals surface area contributed by atoms with E-state index in [9.17, 15) is 9.59 Å². The molecule has 3 rings (SSSR count). The van der Waals surface area contributed by atoms with Crippen LogP contribution in [0.15, 0.2) is 48.5 Å². The second-order valence-electron chi connectivity index (χ2n) is 7.55. The number of aromatic amines is 1. The number of carboxylic acid groups (broad SMARTS) is 1. The van der Waals surface area contributed by atoms with Crippen LogP contribution in [0.3, 0.4) is 0 Å². The van der Waals surface area contributed by atoms with E-state index in [-0.39, 0.29) is 18.4 Å². The Kier molecular flexibility index (Phi) is 7.48. The van der Waals surface area contributed by atoms with Crippen molar-refractivity contribution in [1.29, 1.82) is 0 Å². The molecule has 31 heavy (non-hydrogen) atoms. The number of amides is 1. The molecule has 1 unspecified atom stereocenters. The van der Waals surface area contributed by atoms with Crippen molar-refractivity contribution in [2.24, 2.45) is 0 Å². The van der Waals surface area contributed by atoms with Crippen LogP contribution in [0.4, 0.5) is 0 Å². The first-order valence-electron chi connectivity index (χ1n) is 10.4. The Bertz CT molecular complexity index is 1000. The third kappa shape index (κ3) is 5.75. The number of unbranched alkanes of at least 4 members (excludes halogenated alkanes) is 1. The van der Waals surface area contributed by atoms with E-state index < -0.39 is 5.97 Å². The summed E-state index contributed by atoms with van der Waals surface area (Å²) in [6.45, 7) is 4.20. The highest BCUT2D eigenvalue weighted by molar-refractivity contribution is 5.80. The molecule has 8 heteroatoms. The van der Waals surface area contributed by atoms with Gasteiger partial charge in [-0.2, -0.15) is 5.21 Å². The number of hydrogen-bond donors (Lipinski definition) is 2. The number of nitrogens with one attached hydrogen (secondary N) is 1. The summed E-state index contributed by atoms with van der Waals surface area (Å²) < 4.78 is 0. The van der Waals surface area contributed by atoms with Crippen LogP contribution < -0.4 is 0 Å². The highest BCUT2D eigenvalue weighted by Crippen LogP contribution is 2.30. The summed E-state index contributed by atoms with van der Waals surface area (Å²) in [6, 6.07) is 15.4. The van der Waals surface area contributed by atoms with Gasteiger partial charge in [-0.1, -0.05) is 61.9 Å². The molecule has 1 atom stereocenters. The second kappa shape index (κ2) is 10.5. The molecule has 0 spiro atoms. The SMILES string of the molecule is CCCCC(=O)N(Cc1ccc(-c2ccccc2-c2nn[nH]n2)cc1)C(C)CC(=O)O. The largest absolute Gasteiger partial charge is 0.481 e. The van der Waals surface area contributed by atoms with Gasteiger partial charge in [0.15, 0.2) is 0 Å². The number of carbonyl (C=O) groups excluding carboxylic acids is 1. The molecule has 0 radical (unpaired) electrons. The first-order chi connectivity index (χ1) is 15.0. The normalized spacial score (nSPS) is 11.8. The Hall–Kier alpha value is -3.55. The van der Waals surface area contributed by atoms with Gasteiger partial charge in [0.05, 0.1) is 6.42 Å². The van der Waals surface area contributed by atoms with Crippen LogP contribution in [0.5, 0.6) is 0 Å². The lowest BCUT2D eigenvalue weighted by molar-refractivity contribution is -0.140. The molecule has 1 aromatic heterocycles. The monoisotopic (exact) mass is 421 g/mol. The Balaban J connectivity index is 1.81. The number of hydrogen-bond acceptors (Lipinski definition) is 5. The van der Waals surface area contributed by atoms with E-state index >= 15 is 0 Å². The Morgan fingerprint density at radius 1 is 1.10 bits per heavy atom. The number of tetrazole rings is 1. The van der Waals surface area contributed by atoms with Crippen LogP contribution >= 0.6 is 0 Å². The summed E-state index contributed by atoms with van der Waals surface area (Å²) in [7, 11) is 0. The van der Waals surface area contributed by atoms with Crippen LogP contribution in [0.1, 0.15) is 45.1 Å². The molecule has 1 heterocycles. The fourth-order valence-corrected chi connectivity index (χ4v) is 3.52. The maximum absolute atomic E-state index is 12.7. The quantitative estimate of drug-likeness (QED) is 0.513. The minimum absolute atomic E-state index is 0.0119. The number of carboxylic acids is 1. The number of nitrogens with zero attached hydrogens (tertiary/aromatic N) is 4. The Morgan fingerprint density at radius 2 is 1.81 bits per heavy atom. The summed E-state index contributed by atoms with van der Waals surface area (Å²) in [5.41, 5.74) is 3.79. The number of aliphatic carboxylic acids is 1. The maximum atomic E-state index is 12.7. The van der Waals surface area contributed by atoms with Crippen molar-refractivity contribution in [2.45, 2.75) is 52.1 Å². The second-order valence-corrected chi connectivity index (χ2v) is 7.55. The van der Waals surface area contributed by atoms with E-state index in [1.165, 1.54) is 0 Å². The molecular weight excluding hydrogens is 394 g/mol. The van der Waals surface area contributed by atoms with Gasteiger partial charge in [0.1, 0.15) is 0 Å².